The number of aromatic nitrogens is 1. The van der Waals surface area contributed by atoms with Gasteiger partial charge in [0.1, 0.15) is 17.3 Å². The van der Waals surface area contributed by atoms with Crippen LogP contribution in [0.25, 0.3) is 0 Å². The highest BCUT2D eigenvalue weighted by atomic mass is 35.5. The Morgan fingerprint density at radius 3 is 2.12 bits per heavy atom. The zero-order chi connectivity index (χ0) is 24.6. The highest BCUT2D eigenvalue weighted by molar-refractivity contribution is 6.30. The van der Waals surface area contributed by atoms with Gasteiger partial charge >= 0.3 is 6.18 Å². The standard InChI is InChI=1S/C22H20ClF4N3O4/c23-16-2-1-14(6-17(16)24)33-9-18(31)29-20-3-4-21(11-20,12-20)30-19(32)10-34-15-5-13(7-28-8-15)22(25,26)27/h1-2,5-8H,3-4,9-12H2,(H,29,31)(H,30,32). The first-order chi connectivity index (χ1) is 16.0. The summed E-state index contributed by atoms with van der Waals surface area (Å²) in [5, 5.41) is 5.72. The first-order valence-electron chi connectivity index (χ1n) is 10.3. The zero-order valence-electron chi connectivity index (χ0n) is 17.7. The van der Waals surface area contributed by atoms with Crippen molar-refractivity contribution in [2.45, 2.75) is 42.9 Å². The number of hydrogen-bond donors (Lipinski definition) is 2. The Morgan fingerprint density at radius 1 is 0.971 bits per heavy atom. The molecule has 182 valence electrons. The number of ether oxygens (including phenoxy) is 2. The van der Waals surface area contributed by atoms with Crippen LogP contribution in [-0.2, 0) is 15.8 Å². The van der Waals surface area contributed by atoms with Gasteiger partial charge in [0.15, 0.2) is 13.2 Å². The van der Waals surface area contributed by atoms with E-state index in [1.807, 2.05) is 0 Å². The molecule has 2 bridgehead atoms. The van der Waals surface area contributed by atoms with Crippen molar-refractivity contribution in [2.24, 2.45) is 0 Å². The molecule has 2 N–H and O–H groups in total. The molecule has 0 unspecified atom stereocenters. The summed E-state index contributed by atoms with van der Waals surface area (Å²) in [6.45, 7) is -0.767. The maximum absolute atomic E-state index is 13.5. The summed E-state index contributed by atoms with van der Waals surface area (Å²) in [5.41, 5.74) is -1.94. The van der Waals surface area contributed by atoms with Crippen LogP contribution < -0.4 is 20.1 Å². The molecule has 0 aliphatic heterocycles. The second-order valence-corrected chi connectivity index (χ2v) is 8.98. The number of alkyl halides is 3. The van der Waals surface area contributed by atoms with Crippen LogP contribution in [0.3, 0.4) is 0 Å². The van der Waals surface area contributed by atoms with E-state index in [9.17, 15) is 27.2 Å². The third kappa shape index (κ3) is 5.35. The maximum atomic E-state index is 13.5. The second-order valence-electron chi connectivity index (χ2n) is 8.57. The van der Waals surface area contributed by atoms with Crippen molar-refractivity contribution in [1.29, 1.82) is 0 Å². The Bertz CT molecular complexity index is 1110. The number of hydrogen-bond acceptors (Lipinski definition) is 5. The van der Waals surface area contributed by atoms with Crippen LogP contribution in [-0.4, -0.2) is 41.1 Å². The van der Waals surface area contributed by atoms with Crippen molar-refractivity contribution in [2.75, 3.05) is 13.2 Å². The van der Waals surface area contributed by atoms with Gasteiger partial charge in [-0.15, -0.1) is 0 Å². The highest BCUT2D eigenvalue weighted by Crippen LogP contribution is 2.55. The minimum absolute atomic E-state index is 0.0496. The molecule has 1 heterocycles. The summed E-state index contributed by atoms with van der Waals surface area (Å²) in [6, 6.07) is 4.65. The summed E-state index contributed by atoms with van der Waals surface area (Å²) in [6.07, 6.45) is -0.490. The Balaban J connectivity index is 1.22. The minimum atomic E-state index is -4.56. The molecule has 0 radical (unpaired) electrons. The summed E-state index contributed by atoms with van der Waals surface area (Å²) >= 11 is 5.61. The Kier molecular flexibility index (Phi) is 6.32. The number of halogens is 5. The minimum Gasteiger partial charge on any atom is -0.484 e. The summed E-state index contributed by atoms with van der Waals surface area (Å²) in [4.78, 5) is 28.1. The van der Waals surface area contributed by atoms with Crippen LogP contribution in [0.2, 0.25) is 5.02 Å². The number of fused-ring (bicyclic) bond motifs is 1. The lowest BCUT2D eigenvalue weighted by Crippen LogP contribution is -2.65. The topological polar surface area (TPSA) is 89.5 Å². The van der Waals surface area contributed by atoms with Gasteiger partial charge in [0.2, 0.25) is 0 Å². The Hall–Kier alpha value is -3.08. The van der Waals surface area contributed by atoms with Gasteiger partial charge in [-0.1, -0.05) is 11.6 Å². The van der Waals surface area contributed by atoms with E-state index in [1.54, 1.807) is 0 Å². The molecule has 1 aromatic heterocycles. The fourth-order valence-corrected chi connectivity index (χ4v) is 4.68. The average molecular weight is 502 g/mol. The first kappa shape index (κ1) is 24.1. The van der Waals surface area contributed by atoms with E-state index in [4.69, 9.17) is 21.1 Å². The predicted octanol–water partition coefficient (Wildman–Crippen LogP) is 3.65. The van der Waals surface area contributed by atoms with E-state index in [-0.39, 0.29) is 29.0 Å². The monoisotopic (exact) mass is 501 g/mol. The molecule has 0 spiro atoms. The molecular formula is C22H20ClF4N3O4. The smallest absolute Gasteiger partial charge is 0.418 e. The Labute approximate surface area is 196 Å². The number of carbonyl (C=O) groups is 2. The average Bonchev–Trinajstić information content (AvgIpc) is 3.27. The molecule has 12 heteroatoms. The van der Waals surface area contributed by atoms with Crippen LogP contribution >= 0.6 is 11.6 Å². The second kappa shape index (κ2) is 8.94. The molecule has 3 fully saturated rings. The Morgan fingerprint density at radius 2 is 1.56 bits per heavy atom. The lowest BCUT2D eigenvalue weighted by molar-refractivity contribution is -0.138. The number of nitrogens with zero attached hydrogens (tertiary/aromatic N) is 1. The molecule has 2 amide bonds. The van der Waals surface area contributed by atoms with Gasteiger partial charge in [0.05, 0.1) is 16.8 Å². The summed E-state index contributed by atoms with van der Waals surface area (Å²) < 4.78 is 62.2. The van der Waals surface area contributed by atoms with E-state index < -0.39 is 41.1 Å². The lowest BCUT2D eigenvalue weighted by Gasteiger charge is -2.48. The number of nitrogens with one attached hydrogen (secondary N) is 2. The molecule has 0 saturated heterocycles. The van der Waals surface area contributed by atoms with Crippen molar-refractivity contribution in [3.05, 3.63) is 53.1 Å². The van der Waals surface area contributed by atoms with Crippen molar-refractivity contribution in [3.63, 3.8) is 0 Å². The van der Waals surface area contributed by atoms with Crippen LogP contribution in [0.1, 0.15) is 31.2 Å². The predicted molar refractivity (Wildman–Crippen MR) is 112 cm³/mol. The molecule has 0 atom stereocenters. The molecule has 7 nitrogen and oxygen atoms in total. The van der Waals surface area contributed by atoms with Gasteiger partial charge < -0.3 is 20.1 Å². The molecular weight excluding hydrogens is 482 g/mol. The third-order valence-corrected chi connectivity index (χ3v) is 6.22. The van der Waals surface area contributed by atoms with Crippen LogP contribution in [0, 0.1) is 5.82 Å². The van der Waals surface area contributed by atoms with Crippen molar-refractivity contribution < 1.29 is 36.6 Å². The van der Waals surface area contributed by atoms with Crippen LogP contribution in [0.15, 0.2) is 36.7 Å². The SMILES string of the molecule is O=C(COc1cncc(C(F)(F)F)c1)NC12CCC(NC(=O)COc3ccc(Cl)c(F)c3)(C1)C2. The molecule has 2 aromatic rings. The highest BCUT2D eigenvalue weighted by Gasteiger charge is 2.62. The van der Waals surface area contributed by atoms with E-state index in [0.717, 1.165) is 18.3 Å². The van der Waals surface area contributed by atoms with Gasteiger partial charge in [-0.2, -0.15) is 13.2 Å². The number of pyridine rings is 1. The lowest BCUT2D eigenvalue weighted by atomic mass is 9.71. The van der Waals surface area contributed by atoms with Gasteiger partial charge in [-0.3, -0.25) is 14.6 Å². The molecule has 3 aliphatic rings. The molecule has 1 aromatic carbocycles. The fourth-order valence-electron chi connectivity index (χ4n) is 4.56. The number of carbonyl (C=O) groups excluding carboxylic acids is 2. The van der Waals surface area contributed by atoms with E-state index >= 15 is 0 Å². The van der Waals surface area contributed by atoms with Crippen molar-refractivity contribution in [3.8, 4) is 11.5 Å². The number of amides is 2. The largest absolute Gasteiger partial charge is 0.484 e. The first-order valence-corrected chi connectivity index (χ1v) is 10.7. The van der Waals surface area contributed by atoms with Gasteiger partial charge in [0, 0.05) is 23.3 Å². The molecule has 3 saturated carbocycles. The molecule has 3 aliphatic carbocycles. The van der Waals surface area contributed by atoms with Gasteiger partial charge in [0.25, 0.3) is 11.8 Å². The van der Waals surface area contributed by atoms with Crippen molar-refractivity contribution >= 4 is 23.4 Å². The van der Waals surface area contributed by atoms with E-state index in [1.165, 1.54) is 12.1 Å². The molecule has 5 rings (SSSR count). The van der Waals surface area contributed by atoms with Crippen molar-refractivity contribution in [1.82, 2.24) is 15.6 Å². The number of rotatable bonds is 8. The van der Waals surface area contributed by atoms with E-state index in [2.05, 4.69) is 15.6 Å². The number of benzene rings is 1. The maximum Gasteiger partial charge on any atom is 0.418 e. The quantitative estimate of drug-likeness (QED) is 0.539. The zero-order valence-corrected chi connectivity index (χ0v) is 18.4. The summed E-state index contributed by atoms with van der Waals surface area (Å²) in [5.74, 6) is -1.50. The third-order valence-electron chi connectivity index (χ3n) is 5.92. The van der Waals surface area contributed by atoms with Gasteiger partial charge in [-0.25, -0.2) is 4.39 Å². The summed E-state index contributed by atoms with van der Waals surface area (Å²) in [7, 11) is 0. The van der Waals surface area contributed by atoms with Gasteiger partial charge in [-0.05, 0) is 43.9 Å². The van der Waals surface area contributed by atoms with E-state index in [0.29, 0.717) is 31.9 Å². The van der Waals surface area contributed by atoms with Crippen LogP contribution in [0.4, 0.5) is 17.6 Å². The van der Waals surface area contributed by atoms with Crippen LogP contribution in [0.5, 0.6) is 11.5 Å². The normalized spacial score (nSPS) is 23.1. The molecule has 34 heavy (non-hydrogen) atoms. The fraction of sp³-hybridized carbons (Fsp3) is 0.409.